The second-order valence-electron chi connectivity index (χ2n) is 3.97. The summed E-state index contributed by atoms with van der Waals surface area (Å²) < 4.78 is 37.1. The van der Waals surface area contributed by atoms with E-state index in [2.05, 4.69) is 4.98 Å². The van der Waals surface area contributed by atoms with Crippen LogP contribution in [0.5, 0.6) is 0 Å². The third-order valence-corrected chi connectivity index (χ3v) is 2.63. The molecule has 18 heavy (non-hydrogen) atoms. The quantitative estimate of drug-likeness (QED) is 0.830. The summed E-state index contributed by atoms with van der Waals surface area (Å²) in [5.41, 5.74) is 0.745. The van der Waals surface area contributed by atoms with E-state index in [1.807, 2.05) is 0 Å². The van der Waals surface area contributed by atoms with Crippen LogP contribution >= 0.6 is 0 Å². The van der Waals surface area contributed by atoms with Crippen LogP contribution in [0.25, 0.3) is 11.3 Å². The summed E-state index contributed by atoms with van der Waals surface area (Å²) in [7, 11) is 0. The molecular formula is C13H10F3NO. The number of benzene rings is 1. The van der Waals surface area contributed by atoms with E-state index in [9.17, 15) is 18.0 Å². The summed E-state index contributed by atoms with van der Waals surface area (Å²) in [6.07, 6.45) is -2.81. The number of halogens is 3. The Bertz CT molecular complexity index is 611. The SMILES string of the molecule is Cc1c[nH]c(-c2ccc(C(F)(F)F)cc2)cc1=O. The molecular weight excluding hydrogens is 243 g/mol. The molecule has 0 saturated heterocycles. The van der Waals surface area contributed by atoms with Gasteiger partial charge in [-0.3, -0.25) is 4.79 Å². The molecule has 0 saturated carbocycles. The lowest BCUT2D eigenvalue weighted by atomic mass is 10.1. The van der Waals surface area contributed by atoms with Crippen molar-refractivity contribution < 1.29 is 13.2 Å². The van der Waals surface area contributed by atoms with E-state index in [-0.39, 0.29) is 5.43 Å². The molecule has 5 heteroatoms. The van der Waals surface area contributed by atoms with Crippen molar-refractivity contribution in [1.29, 1.82) is 0 Å². The van der Waals surface area contributed by atoms with Crippen LogP contribution in [0.2, 0.25) is 0 Å². The minimum Gasteiger partial charge on any atom is -0.361 e. The van der Waals surface area contributed by atoms with Crippen molar-refractivity contribution in [2.45, 2.75) is 13.1 Å². The number of hydrogen-bond donors (Lipinski definition) is 1. The van der Waals surface area contributed by atoms with Crippen LogP contribution in [0, 0.1) is 6.92 Å². The fourth-order valence-electron chi connectivity index (χ4n) is 1.55. The van der Waals surface area contributed by atoms with Gasteiger partial charge in [0.05, 0.1) is 5.56 Å². The zero-order valence-electron chi connectivity index (χ0n) is 9.51. The highest BCUT2D eigenvalue weighted by Gasteiger charge is 2.29. The number of nitrogens with one attached hydrogen (secondary N) is 1. The first-order valence-electron chi connectivity index (χ1n) is 5.25. The first-order valence-corrected chi connectivity index (χ1v) is 5.25. The molecule has 0 spiro atoms. The van der Waals surface area contributed by atoms with E-state index in [0.717, 1.165) is 12.1 Å². The first-order chi connectivity index (χ1) is 8.38. The van der Waals surface area contributed by atoms with Crippen LogP contribution in [0.1, 0.15) is 11.1 Å². The molecule has 2 aromatic rings. The molecule has 0 atom stereocenters. The fraction of sp³-hybridized carbons (Fsp3) is 0.154. The van der Waals surface area contributed by atoms with E-state index >= 15 is 0 Å². The topological polar surface area (TPSA) is 32.9 Å². The number of rotatable bonds is 1. The van der Waals surface area contributed by atoms with Gasteiger partial charge in [-0.1, -0.05) is 12.1 Å². The lowest BCUT2D eigenvalue weighted by Crippen LogP contribution is -2.06. The van der Waals surface area contributed by atoms with Crippen molar-refractivity contribution in [2.24, 2.45) is 0 Å². The highest BCUT2D eigenvalue weighted by molar-refractivity contribution is 5.59. The Labute approximate surface area is 101 Å². The molecule has 0 amide bonds. The molecule has 2 rings (SSSR count). The summed E-state index contributed by atoms with van der Waals surface area (Å²) >= 11 is 0. The number of H-pyrrole nitrogens is 1. The van der Waals surface area contributed by atoms with Gasteiger partial charge in [-0.05, 0) is 24.6 Å². The lowest BCUT2D eigenvalue weighted by Gasteiger charge is -2.07. The second-order valence-corrected chi connectivity index (χ2v) is 3.97. The molecule has 0 aliphatic rings. The van der Waals surface area contributed by atoms with Crippen molar-refractivity contribution in [2.75, 3.05) is 0 Å². The Morgan fingerprint density at radius 3 is 2.22 bits per heavy atom. The average Bonchev–Trinajstić information content (AvgIpc) is 2.32. The summed E-state index contributed by atoms with van der Waals surface area (Å²) in [5.74, 6) is 0. The van der Waals surface area contributed by atoms with E-state index in [4.69, 9.17) is 0 Å². The van der Waals surface area contributed by atoms with Crippen LogP contribution in [-0.2, 0) is 6.18 Å². The van der Waals surface area contributed by atoms with Gasteiger partial charge >= 0.3 is 6.18 Å². The number of alkyl halides is 3. The number of aromatic amines is 1. The lowest BCUT2D eigenvalue weighted by molar-refractivity contribution is -0.137. The third kappa shape index (κ3) is 2.45. The maximum atomic E-state index is 12.4. The number of pyridine rings is 1. The van der Waals surface area contributed by atoms with Gasteiger partial charge < -0.3 is 4.98 Å². The molecule has 0 aliphatic heterocycles. The van der Waals surface area contributed by atoms with Gasteiger partial charge in [0.25, 0.3) is 0 Å². The van der Waals surface area contributed by atoms with Crippen molar-refractivity contribution in [1.82, 2.24) is 4.98 Å². The Morgan fingerprint density at radius 1 is 1.11 bits per heavy atom. The van der Waals surface area contributed by atoms with Crippen LogP contribution in [0.15, 0.2) is 41.3 Å². The molecule has 1 heterocycles. The Balaban J connectivity index is 2.40. The molecule has 1 N–H and O–H groups in total. The number of aromatic nitrogens is 1. The van der Waals surface area contributed by atoms with Gasteiger partial charge in [0, 0.05) is 23.5 Å². The Kier molecular flexibility index (Phi) is 2.98. The Morgan fingerprint density at radius 2 is 1.72 bits per heavy atom. The van der Waals surface area contributed by atoms with Crippen LogP contribution in [-0.4, -0.2) is 4.98 Å². The zero-order valence-corrected chi connectivity index (χ0v) is 9.51. The van der Waals surface area contributed by atoms with Crippen LogP contribution in [0.3, 0.4) is 0 Å². The minimum atomic E-state index is -4.35. The summed E-state index contributed by atoms with van der Waals surface area (Å²) in [5, 5.41) is 0. The summed E-state index contributed by atoms with van der Waals surface area (Å²) in [6, 6.07) is 6.03. The summed E-state index contributed by atoms with van der Waals surface area (Å²) in [4.78, 5) is 14.3. The van der Waals surface area contributed by atoms with Gasteiger partial charge in [-0.15, -0.1) is 0 Å². The molecule has 1 aromatic heterocycles. The maximum Gasteiger partial charge on any atom is 0.416 e. The second kappa shape index (κ2) is 4.33. The van der Waals surface area contributed by atoms with Gasteiger partial charge in [-0.25, -0.2) is 0 Å². The highest BCUT2D eigenvalue weighted by Crippen LogP contribution is 2.30. The molecule has 0 aliphatic carbocycles. The van der Waals surface area contributed by atoms with Crippen molar-refractivity contribution >= 4 is 0 Å². The van der Waals surface area contributed by atoms with E-state index in [1.165, 1.54) is 24.4 Å². The highest BCUT2D eigenvalue weighted by atomic mass is 19.4. The predicted octanol–water partition coefficient (Wildman–Crippen LogP) is 3.37. The molecule has 0 bridgehead atoms. The normalized spacial score (nSPS) is 11.6. The zero-order chi connectivity index (χ0) is 13.3. The molecule has 0 radical (unpaired) electrons. The van der Waals surface area contributed by atoms with E-state index in [0.29, 0.717) is 16.8 Å². The smallest absolute Gasteiger partial charge is 0.361 e. The molecule has 1 aromatic carbocycles. The largest absolute Gasteiger partial charge is 0.416 e. The standard InChI is InChI=1S/C13H10F3NO/c1-8-7-17-11(6-12(8)18)9-2-4-10(5-3-9)13(14,15)16/h2-7H,1H3,(H,17,18). The fourth-order valence-corrected chi connectivity index (χ4v) is 1.55. The van der Waals surface area contributed by atoms with Crippen molar-refractivity contribution in [3.05, 3.63) is 57.9 Å². The van der Waals surface area contributed by atoms with Crippen LogP contribution in [0.4, 0.5) is 13.2 Å². The Hall–Kier alpha value is -2.04. The van der Waals surface area contributed by atoms with Gasteiger partial charge in [0.1, 0.15) is 0 Å². The molecule has 94 valence electrons. The average molecular weight is 253 g/mol. The number of hydrogen-bond acceptors (Lipinski definition) is 1. The first kappa shape index (κ1) is 12.4. The monoisotopic (exact) mass is 253 g/mol. The predicted molar refractivity (Wildman–Crippen MR) is 62.2 cm³/mol. The van der Waals surface area contributed by atoms with E-state index in [1.54, 1.807) is 6.92 Å². The van der Waals surface area contributed by atoms with Gasteiger partial charge in [0.15, 0.2) is 5.43 Å². The summed E-state index contributed by atoms with van der Waals surface area (Å²) in [6.45, 7) is 1.66. The molecule has 2 nitrogen and oxygen atoms in total. The number of aryl methyl sites for hydroxylation is 1. The van der Waals surface area contributed by atoms with Crippen molar-refractivity contribution in [3.8, 4) is 11.3 Å². The maximum absolute atomic E-state index is 12.4. The van der Waals surface area contributed by atoms with Gasteiger partial charge in [0.2, 0.25) is 0 Å². The molecule has 0 fully saturated rings. The van der Waals surface area contributed by atoms with Crippen molar-refractivity contribution in [3.63, 3.8) is 0 Å². The van der Waals surface area contributed by atoms with Gasteiger partial charge in [-0.2, -0.15) is 13.2 Å². The third-order valence-electron chi connectivity index (χ3n) is 2.63. The minimum absolute atomic E-state index is 0.149. The van der Waals surface area contributed by atoms with Crippen LogP contribution < -0.4 is 5.43 Å². The molecule has 0 unspecified atom stereocenters. The van der Waals surface area contributed by atoms with E-state index < -0.39 is 11.7 Å².